The number of nitrogens with one attached hydrogen (secondary N) is 1. The SMILES string of the molecule is C#CCCCCNS(=O)(=O)c1cccs1. The second kappa shape index (κ2) is 5.91. The highest BCUT2D eigenvalue weighted by Crippen LogP contribution is 2.15. The molecule has 0 saturated heterocycles. The van der Waals surface area contributed by atoms with E-state index in [0.29, 0.717) is 17.2 Å². The third-order valence-corrected chi connectivity index (χ3v) is 4.66. The van der Waals surface area contributed by atoms with E-state index in [1.807, 2.05) is 0 Å². The van der Waals surface area contributed by atoms with Gasteiger partial charge in [0.15, 0.2) is 0 Å². The summed E-state index contributed by atoms with van der Waals surface area (Å²) in [4.78, 5) is 0. The zero-order valence-corrected chi connectivity index (χ0v) is 9.90. The molecule has 1 aromatic heterocycles. The Morgan fingerprint density at radius 2 is 2.27 bits per heavy atom. The van der Waals surface area contributed by atoms with Crippen LogP contribution in [0.4, 0.5) is 0 Å². The van der Waals surface area contributed by atoms with Crippen molar-refractivity contribution in [3.05, 3.63) is 17.5 Å². The molecule has 1 heterocycles. The molecular weight excluding hydrogens is 230 g/mol. The predicted molar refractivity (Wildman–Crippen MR) is 62.2 cm³/mol. The fourth-order valence-corrected chi connectivity index (χ4v) is 3.16. The molecule has 0 spiro atoms. The Bertz CT molecular complexity index is 415. The second-order valence-corrected chi connectivity index (χ2v) is 5.93. The summed E-state index contributed by atoms with van der Waals surface area (Å²) in [6.45, 7) is 0.446. The van der Waals surface area contributed by atoms with Gasteiger partial charge in [-0.25, -0.2) is 13.1 Å². The van der Waals surface area contributed by atoms with Gasteiger partial charge in [-0.2, -0.15) is 0 Å². The van der Waals surface area contributed by atoms with E-state index in [4.69, 9.17) is 6.42 Å². The predicted octanol–water partition coefficient (Wildman–Crippen LogP) is 1.83. The number of unbranched alkanes of at least 4 members (excludes halogenated alkanes) is 2. The van der Waals surface area contributed by atoms with Crippen LogP contribution in [0.25, 0.3) is 0 Å². The number of sulfonamides is 1. The van der Waals surface area contributed by atoms with Gasteiger partial charge in [0, 0.05) is 13.0 Å². The van der Waals surface area contributed by atoms with Crippen LogP contribution in [0.2, 0.25) is 0 Å². The Morgan fingerprint density at radius 1 is 1.47 bits per heavy atom. The minimum atomic E-state index is -3.29. The van der Waals surface area contributed by atoms with Gasteiger partial charge in [0.05, 0.1) is 0 Å². The summed E-state index contributed by atoms with van der Waals surface area (Å²) in [5, 5.41) is 1.74. The first-order valence-electron chi connectivity index (χ1n) is 4.63. The Labute approximate surface area is 94.6 Å². The lowest BCUT2D eigenvalue weighted by Gasteiger charge is -2.03. The smallest absolute Gasteiger partial charge is 0.210 e. The molecule has 3 nitrogen and oxygen atoms in total. The third-order valence-electron chi connectivity index (χ3n) is 1.80. The van der Waals surface area contributed by atoms with Gasteiger partial charge in [0.25, 0.3) is 0 Å². The highest BCUT2D eigenvalue weighted by molar-refractivity contribution is 7.91. The summed E-state index contributed by atoms with van der Waals surface area (Å²) in [5.74, 6) is 2.52. The van der Waals surface area contributed by atoms with E-state index in [0.717, 1.165) is 12.8 Å². The standard InChI is InChI=1S/C10H13NO2S2/c1-2-3-4-5-8-11-15(12,13)10-7-6-9-14-10/h1,6-7,9,11H,3-5,8H2. The molecule has 0 atom stereocenters. The van der Waals surface area contributed by atoms with E-state index < -0.39 is 10.0 Å². The van der Waals surface area contributed by atoms with Crippen molar-refractivity contribution in [2.24, 2.45) is 0 Å². The first-order chi connectivity index (χ1) is 7.17. The molecule has 0 aliphatic rings. The Morgan fingerprint density at radius 3 is 2.87 bits per heavy atom. The number of hydrogen-bond acceptors (Lipinski definition) is 3. The molecule has 0 unspecified atom stereocenters. The average molecular weight is 243 g/mol. The molecule has 5 heteroatoms. The van der Waals surface area contributed by atoms with Gasteiger partial charge < -0.3 is 0 Å². The lowest BCUT2D eigenvalue weighted by atomic mass is 10.2. The molecule has 0 bridgehead atoms. The Kier molecular flexibility index (Phi) is 4.82. The monoisotopic (exact) mass is 243 g/mol. The minimum absolute atomic E-state index is 0.361. The summed E-state index contributed by atoms with van der Waals surface area (Å²) in [6, 6.07) is 3.31. The molecule has 1 rings (SSSR count). The maximum Gasteiger partial charge on any atom is 0.250 e. The maximum atomic E-state index is 11.6. The van der Waals surface area contributed by atoms with Crippen molar-refractivity contribution in [3.63, 3.8) is 0 Å². The van der Waals surface area contributed by atoms with Crippen molar-refractivity contribution in [1.29, 1.82) is 0 Å². The molecule has 15 heavy (non-hydrogen) atoms. The first kappa shape index (κ1) is 12.2. The van der Waals surface area contributed by atoms with Crippen LogP contribution in [0.1, 0.15) is 19.3 Å². The Hall–Kier alpha value is -0.830. The zero-order chi connectivity index (χ0) is 11.1. The number of rotatable bonds is 6. The van der Waals surface area contributed by atoms with E-state index >= 15 is 0 Å². The van der Waals surface area contributed by atoms with Crippen molar-refractivity contribution < 1.29 is 8.42 Å². The lowest BCUT2D eigenvalue weighted by Crippen LogP contribution is -2.23. The fraction of sp³-hybridized carbons (Fsp3) is 0.400. The zero-order valence-electron chi connectivity index (χ0n) is 8.27. The van der Waals surface area contributed by atoms with Crippen LogP contribution in [-0.2, 0) is 10.0 Å². The van der Waals surface area contributed by atoms with Gasteiger partial charge in [-0.1, -0.05) is 6.07 Å². The summed E-state index contributed by atoms with van der Waals surface area (Å²) in [5.41, 5.74) is 0. The van der Waals surface area contributed by atoms with Crippen molar-refractivity contribution >= 4 is 21.4 Å². The molecule has 1 aromatic rings. The van der Waals surface area contributed by atoms with E-state index in [9.17, 15) is 8.42 Å². The number of hydrogen-bond donors (Lipinski definition) is 1. The topological polar surface area (TPSA) is 46.2 Å². The fourth-order valence-electron chi connectivity index (χ4n) is 1.05. The Balaban J connectivity index is 2.36. The van der Waals surface area contributed by atoms with E-state index in [1.165, 1.54) is 11.3 Å². The summed E-state index contributed by atoms with van der Waals surface area (Å²) in [7, 11) is -3.29. The van der Waals surface area contributed by atoms with Crippen LogP contribution in [0, 0.1) is 12.3 Å². The average Bonchev–Trinajstić information content (AvgIpc) is 2.70. The molecule has 0 aliphatic carbocycles. The second-order valence-electron chi connectivity index (χ2n) is 2.99. The summed E-state index contributed by atoms with van der Waals surface area (Å²) < 4.78 is 26.1. The van der Waals surface area contributed by atoms with E-state index in [2.05, 4.69) is 10.6 Å². The van der Waals surface area contributed by atoms with E-state index in [-0.39, 0.29) is 0 Å². The highest BCUT2D eigenvalue weighted by atomic mass is 32.2. The van der Waals surface area contributed by atoms with Gasteiger partial charge in [-0.05, 0) is 24.3 Å². The molecule has 0 fully saturated rings. The highest BCUT2D eigenvalue weighted by Gasteiger charge is 2.13. The van der Waals surface area contributed by atoms with Crippen molar-refractivity contribution in [2.45, 2.75) is 23.5 Å². The van der Waals surface area contributed by atoms with Crippen LogP contribution in [-0.4, -0.2) is 15.0 Å². The normalized spacial score (nSPS) is 11.1. The number of thiophene rings is 1. The summed E-state index contributed by atoms with van der Waals surface area (Å²) in [6.07, 6.45) is 7.41. The van der Waals surface area contributed by atoms with Crippen LogP contribution >= 0.6 is 11.3 Å². The molecule has 0 amide bonds. The van der Waals surface area contributed by atoms with Crippen LogP contribution in [0.5, 0.6) is 0 Å². The molecule has 82 valence electrons. The minimum Gasteiger partial charge on any atom is -0.210 e. The van der Waals surface area contributed by atoms with Crippen LogP contribution < -0.4 is 4.72 Å². The lowest BCUT2D eigenvalue weighted by molar-refractivity contribution is 0.579. The van der Waals surface area contributed by atoms with Crippen molar-refractivity contribution in [2.75, 3.05) is 6.54 Å². The van der Waals surface area contributed by atoms with Gasteiger partial charge in [-0.15, -0.1) is 23.7 Å². The molecule has 0 saturated carbocycles. The molecule has 0 aliphatic heterocycles. The van der Waals surface area contributed by atoms with Gasteiger partial charge >= 0.3 is 0 Å². The summed E-state index contributed by atoms with van der Waals surface area (Å²) >= 11 is 1.22. The van der Waals surface area contributed by atoms with E-state index in [1.54, 1.807) is 17.5 Å². The van der Waals surface area contributed by atoms with Crippen LogP contribution in [0.15, 0.2) is 21.7 Å². The van der Waals surface area contributed by atoms with Crippen molar-refractivity contribution in [1.82, 2.24) is 4.72 Å². The molecule has 0 aromatic carbocycles. The number of terminal acetylenes is 1. The first-order valence-corrected chi connectivity index (χ1v) is 7.00. The maximum absolute atomic E-state index is 11.6. The molecule has 1 N–H and O–H groups in total. The van der Waals surface area contributed by atoms with Crippen molar-refractivity contribution in [3.8, 4) is 12.3 Å². The largest absolute Gasteiger partial charge is 0.250 e. The van der Waals surface area contributed by atoms with Gasteiger partial charge in [-0.3, -0.25) is 0 Å². The van der Waals surface area contributed by atoms with Gasteiger partial charge in [0.2, 0.25) is 10.0 Å². The third kappa shape index (κ3) is 4.04. The quantitative estimate of drug-likeness (QED) is 0.612. The molecule has 0 radical (unpaired) electrons. The molecular formula is C10H13NO2S2. The van der Waals surface area contributed by atoms with Gasteiger partial charge in [0.1, 0.15) is 4.21 Å². The van der Waals surface area contributed by atoms with Crippen LogP contribution in [0.3, 0.4) is 0 Å².